The topological polar surface area (TPSA) is 133 Å². The number of nitrogens with two attached hydrogens (primary N) is 1. The van der Waals surface area contributed by atoms with Gasteiger partial charge in [-0.2, -0.15) is 5.10 Å². The Morgan fingerprint density at radius 3 is 2.50 bits per heavy atom. The number of hydrogen-bond donors (Lipinski definition) is 3. The van der Waals surface area contributed by atoms with Gasteiger partial charge in [0.25, 0.3) is 5.91 Å². The van der Waals surface area contributed by atoms with E-state index in [1.807, 2.05) is 6.07 Å². The highest BCUT2D eigenvalue weighted by molar-refractivity contribution is 7.89. The first-order valence-corrected chi connectivity index (χ1v) is 14.8. The number of aliphatic hydroxyl groups excluding tert-OH is 1. The molecule has 0 aliphatic carbocycles. The van der Waals surface area contributed by atoms with Crippen molar-refractivity contribution >= 4 is 26.8 Å². The number of sulfonamides is 1. The number of amides is 1. The Morgan fingerprint density at radius 2 is 1.82 bits per heavy atom. The fourth-order valence-corrected chi connectivity index (χ4v) is 7.15. The number of piperidine rings is 2. The number of aromatic amines is 1. The number of fused-ring (bicyclic) bond motifs is 1. The van der Waals surface area contributed by atoms with E-state index in [9.17, 15) is 22.7 Å². The average Bonchev–Trinajstić information content (AvgIpc) is 3.33. The van der Waals surface area contributed by atoms with Crippen LogP contribution in [0.2, 0.25) is 0 Å². The van der Waals surface area contributed by atoms with Crippen LogP contribution in [0.3, 0.4) is 0 Å². The van der Waals surface area contributed by atoms with Gasteiger partial charge in [0.05, 0.1) is 17.4 Å². The summed E-state index contributed by atoms with van der Waals surface area (Å²) in [4.78, 5) is 14.4. The Hall–Kier alpha value is -2.86. The van der Waals surface area contributed by atoms with E-state index >= 15 is 0 Å². The van der Waals surface area contributed by atoms with E-state index < -0.39 is 15.9 Å². The molecule has 0 unspecified atom stereocenters. The van der Waals surface area contributed by atoms with Gasteiger partial charge in [-0.15, -0.1) is 0 Å². The van der Waals surface area contributed by atoms with Crippen LogP contribution >= 0.6 is 0 Å². The molecule has 5 rings (SSSR count). The first-order chi connectivity index (χ1) is 18.2. The van der Waals surface area contributed by atoms with Crippen molar-refractivity contribution in [2.24, 2.45) is 5.73 Å². The second-order valence-corrected chi connectivity index (χ2v) is 12.4. The minimum atomic E-state index is -3.36. The van der Waals surface area contributed by atoms with Crippen molar-refractivity contribution in [1.82, 2.24) is 19.4 Å². The smallest absolute Gasteiger partial charge is 0.251 e. The molecule has 2 aliphatic rings. The van der Waals surface area contributed by atoms with Crippen molar-refractivity contribution < 1.29 is 22.7 Å². The molecule has 2 aliphatic heterocycles. The summed E-state index contributed by atoms with van der Waals surface area (Å²) in [5.41, 5.74) is 8.50. The summed E-state index contributed by atoms with van der Waals surface area (Å²) < 4.78 is 41.5. The lowest BCUT2D eigenvalue weighted by Gasteiger charge is -2.32. The number of halogens is 1. The Kier molecular flexibility index (Phi) is 7.80. The number of nitrogens with one attached hydrogen (secondary N) is 1. The van der Waals surface area contributed by atoms with E-state index in [0.717, 1.165) is 43.6 Å². The van der Waals surface area contributed by atoms with Crippen LogP contribution < -0.4 is 5.73 Å². The third kappa shape index (κ3) is 5.75. The molecule has 0 bridgehead atoms. The van der Waals surface area contributed by atoms with E-state index in [1.54, 1.807) is 22.5 Å². The number of primary amides is 1. The third-order valence-electron chi connectivity index (χ3n) is 7.80. The van der Waals surface area contributed by atoms with Crippen LogP contribution in [0.25, 0.3) is 22.0 Å². The number of carbonyl (C=O) groups is 1. The number of rotatable bonds is 8. The van der Waals surface area contributed by atoms with E-state index in [4.69, 9.17) is 5.73 Å². The maximum atomic E-state index is 13.9. The number of likely N-dealkylation sites (tertiary alicyclic amines) is 1. The quantitative estimate of drug-likeness (QED) is 0.400. The molecule has 0 radical (unpaired) electrons. The molecule has 3 aromatic rings. The summed E-state index contributed by atoms with van der Waals surface area (Å²) in [6.45, 7) is 3.16. The van der Waals surface area contributed by atoms with Gasteiger partial charge in [-0.3, -0.25) is 9.89 Å². The van der Waals surface area contributed by atoms with Crippen LogP contribution in [0.1, 0.15) is 54.1 Å². The lowest BCUT2D eigenvalue weighted by Crippen LogP contribution is -2.41. The number of aromatic nitrogens is 2. The molecule has 204 valence electrons. The molecule has 3 heterocycles. The molecular formula is C27H34FN5O4S. The van der Waals surface area contributed by atoms with Crippen molar-refractivity contribution in [1.29, 1.82) is 0 Å². The van der Waals surface area contributed by atoms with Gasteiger partial charge in [-0.25, -0.2) is 17.1 Å². The van der Waals surface area contributed by atoms with Crippen molar-refractivity contribution in [3.63, 3.8) is 0 Å². The molecule has 0 spiro atoms. The predicted molar refractivity (Wildman–Crippen MR) is 144 cm³/mol. The fourth-order valence-electron chi connectivity index (χ4n) is 5.64. The average molecular weight is 544 g/mol. The SMILES string of the molecule is NC(=O)c1cc(-c2cccc(F)c2)cc2c(C3CCN(S(=O)(=O)CCCN4CCC(O)CC4)CC3)[nH]nc12. The number of carbonyl (C=O) groups excluding carboxylic acids is 1. The van der Waals surface area contributed by atoms with Gasteiger partial charge in [0, 0.05) is 43.2 Å². The normalized spacial score (nSPS) is 18.8. The van der Waals surface area contributed by atoms with Crippen LogP contribution in [0.4, 0.5) is 4.39 Å². The second kappa shape index (κ2) is 11.1. The highest BCUT2D eigenvalue weighted by atomic mass is 32.2. The van der Waals surface area contributed by atoms with Crippen LogP contribution in [0.15, 0.2) is 36.4 Å². The zero-order valence-corrected chi connectivity index (χ0v) is 22.1. The number of benzene rings is 2. The Morgan fingerprint density at radius 1 is 1.08 bits per heavy atom. The van der Waals surface area contributed by atoms with Crippen molar-refractivity contribution in [2.45, 2.75) is 44.1 Å². The summed E-state index contributed by atoms with van der Waals surface area (Å²) in [5, 5.41) is 17.8. The second-order valence-electron chi connectivity index (χ2n) is 10.3. The largest absolute Gasteiger partial charge is 0.393 e. The van der Waals surface area contributed by atoms with Gasteiger partial charge in [0.15, 0.2) is 0 Å². The van der Waals surface area contributed by atoms with Crippen molar-refractivity contribution in [3.05, 3.63) is 53.5 Å². The third-order valence-corrected chi connectivity index (χ3v) is 9.76. The minimum Gasteiger partial charge on any atom is -0.393 e. The van der Waals surface area contributed by atoms with Gasteiger partial charge >= 0.3 is 0 Å². The van der Waals surface area contributed by atoms with Gasteiger partial charge < -0.3 is 15.7 Å². The summed E-state index contributed by atoms with van der Waals surface area (Å²) in [6, 6.07) is 9.67. The van der Waals surface area contributed by atoms with Gasteiger partial charge in [-0.05, 0) is 74.0 Å². The highest BCUT2D eigenvalue weighted by Gasteiger charge is 2.31. The molecule has 11 heteroatoms. The first kappa shape index (κ1) is 26.7. The summed E-state index contributed by atoms with van der Waals surface area (Å²) >= 11 is 0. The Balaban J connectivity index is 1.28. The fraction of sp³-hybridized carbons (Fsp3) is 0.481. The van der Waals surface area contributed by atoms with E-state index in [0.29, 0.717) is 49.0 Å². The molecule has 0 saturated carbocycles. The number of H-pyrrole nitrogens is 1. The lowest BCUT2D eigenvalue weighted by atomic mass is 9.90. The predicted octanol–water partition coefficient (Wildman–Crippen LogP) is 2.82. The van der Waals surface area contributed by atoms with Crippen LogP contribution in [-0.4, -0.2) is 83.4 Å². The molecule has 4 N–H and O–H groups in total. The minimum absolute atomic E-state index is 0.0368. The van der Waals surface area contributed by atoms with Crippen LogP contribution in [-0.2, 0) is 10.0 Å². The first-order valence-electron chi connectivity index (χ1n) is 13.2. The van der Waals surface area contributed by atoms with E-state index in [-0.39, 0.29) is 29.2 Å². The molecule has 38 heavy (non-hydrogen) atoms. The molecule has 1 aromatic heterocycles. The van der Waals surface area contributed by atoms with Gasteiger partial charge in [-0.1, -0.05) is 12.1 Å². The van der Waals surface area contributed by atoms with Crippen molar-refractivity contribution in [2.75, 3.05) is 38.5 Å². The van der Waals surface area contributed by atoms with Gasteiger partial charge in [0.1, 0.15) is 11.3 Å². The molecule has 2 aromatic carbocycles. The van der Waals surface area contributed by atoms with E-state index in [1.165, 1.54) is 12.1 Å². The molecular weight excluding hydrogens is 509 g/mol. The molecule has 1 amide bonds. The molecule has 0 atom stereocenters. The standard InChI is InChI=1S/C27H34FN5O4S/c28-21-4-1-3-19(15-21)20-16-23-25(30-31-26(23)24(17-20)27(29)35)18-5-12-33(13-6-18)38(36,37)14-2-9-32-10-7-22(34)8-11-32/h1,3-4,15-18,22,34H,2,5-14H2,(H2,29,35)(H,30,31). The highest BCUT2D eigenvalue weighted by Crippen LogP contribution is 2.36. The zero-order valence-electron chi connectivity index (χ0n) is 21.3. The molecule has 2 saturated heterocycles. The summed E-state index contributed by atoms with van der Waals surface area (Å²) in [6.07, 6.45) is 3.06. The summed E-state index contributed by atoms with van der Waals surface area (Å²) in [7, 11) is -3.36. The molecule has 2 fully saturated rings. The maximum Gasteiger partial charge on any atom is 0.251 e. The number of hydrogen-bond acceptors (Lipinski definition) is 6. The maximum absolute atomic E-state index is 13.9. The lowest BCUT2D eigenvalue weighted by molar-refractivity contribution is 0.0827. The zero-order chi connectivity index (χ0) is 26.9. The Bertz CT molecular complexity index is 1410. The van der Waals surface area contributed by atoms with Crippen molar-refractivity contribution in [3.8, 4) is 11.1 Å². The number of nitrogens with zero attached hydrogens (tertiary/aromatic N) is 3. The van der Waals surface area contributed by atoms with E-state index in [2.05, 4.69) is 15.1 Å². The number of aliphatic hydroxyl groups is 1. The molecule has 9 nitrogen and oxygen atoms in total. The Labute approximate surface area is 221 Å². The van der Waals surface area contributed by atoms with Gasteiger partial charge in [0.2, 0.25) is 10.0 Å². The monoisotopic (exact) mass is 543 g/mol. The summed E-state index contributed by atoms with van der Waals surface area (Å²) in [5.74, 6) is -0.843. The van der Waals surface area contributed by atoms with Crippen LogP contribution in [0, 0.1) is 5.82 Å². The van der Waals surface area contributed by atoms with Crippen LogP contribution in [0.5, 0.6) is 0 Å².